The first kappa shape index (κ1) is 10.4. The third-order valence-corrected chi connectivity index (χ3v) is 2.23. The average Bonchev–Trinajstić information content (AvgIpc) is 2.31. The summed E-state index contributed by atoms with van der Waals surface area (Å²) in [6.45, 7) is 0.478. The van der Waals surface area contributed by atoms with Crippen LogP contribution in [-0.4, -0.2) is 30.9 Å². The third kappa shape index (κ3) is 2.13. The molecule has 1 fully saturated rings. The molecule has 0 amide bonds. The van der Waals surface area contributed by atoms with E-state index in [1.807, 2.05) is 0 Å². The van der Waals surface area contributed by atoms with E-state index in [1.165, 1.54) is 18.3 Å². The highest BCUT2D eigenvalue weighted by Gasteiger charge is 2.44. The fraction of sp³-hybridized carbons (Fsp3) is 0.500. The van der Waals surface area contributed by atoms with Crippen molar-refractivity contribution in [2.75, 3.05) is 19.8 Å². The standard InChI is InChI=1S/C10H11F2NO2/c11-10(12,8-3-1-2-4-13-8)9-7-14-5-6-15-9/h1-4,9H,5-7H2/t9-/m1/s1. The van der Waals surface area contributed by atoms with Crippen LogP contribution in [0.5, 0.6) is 0 Å². The van der Waals surface area contributed by atoms with Crippen LogP contribution in [0.15, 0.2) is 24.4 Å². The van der Waals surface area contributed by atoms with Crippen molar-refractivity contribution in [1.82, 2.24) is 4.98 Å². The molecule has 3 nitrogen and oxygen atoms in total. The lowest BCUT2D eigenvalue weighted by atomic mass is 10.1. The molecule has 0 saturated carbocycles. The Hall–Kier alpha value is -1.07. The van der Waals surface area contributed by atoms with Crippen LogP contribution >= 0.6 is 0 Å². The smallest absolute Gasteiger partial charge is 0.317 e. The van der Waals surface area contributed by atoms with Gasteiger partial charge in [-0.15, -0.1) is 0 Å². The largest absolute Gasteiger partial charge is 0.376 e. The molecule has 0 unspecified atom stereocenters. The molecular weight excluding hydrogens is 204 g/mol. The van der Waals surface area contributed by atoms with E-state index >= 15 is 0 Å². The molecule has 2 heterocycles. The lowest BCUT2D eigenvalue weighted by Gasteiger charge is -2.29. The van der Waals surface area contributed by atoms with Gasteiger partial charge in [-0.05, 0) is 12.1 Å². The Morgan fingerprint density at radius 2 is 2.20 bits per heavy atom. The molecule has 0 radical (unpaired) electrons. The molecule has 0 spiro atoms. The number of nitrogens with zero attached hydrogens (tertiary/aromatic N) is 1. The van der Waals surface area contributed by atoms with Crippen LogP contribution in [0.2, 0.25) is 0 Å². The van der Waals surface area contributed by atoms with Gasteiger partial charge < -0.3 is 9.47 Å². The van der Waals surface area contributed by atoms with E-state index in [4.69, 9.17) is 9.47 Å². The Balaban J connectivity index is 2.18. The lowest BCUT2D eigenvalue weighted by molar-refractivity contribution is -0.201. The molecule has 1 aliphatic heterocycles. The predicted molar refractivity (Wildman–Crippen MR) is 48.7 cm³/mol. The second-order valence-corrected chi connectivity index (χ2v) is 3.27. The van der Waals surface area contributed by atoms with E-state index in [-0.39, 0.29) is 18.9 Å². The zero-order valence-corrected chi connectivity index (χ0v) is 8.03. The summed E-state index contributed by atoms with van der Waals surface area (Å²) in [7, 11) is 0. The maximum absolute atomic E-state index is 13.8. The Morgan fingerprint density at radius 1 is 1.33 bits per heavy atom. The summed E-state index contributed by atoms with van der Waals surface area (Å²) in [4.78, 5) is 3.64. The van der Waals surface area contributed by atoms with Gasteiger partial charge in [-0.25, -0.2) is 0 Å². The van der Waals surface area contributed by atoms with Crippen molar-refractivity contribution in [1.29, 1.82) is 0 Å². The zero-order chi connectivity index (χ0) is 10.7. The number of aromatic nitrogens is 1. The van der Waals surface area contributed by atoms with Crippen LogP contribution in [-0.2, 0) is 15.4 Å². The van der Waals surface area contributed by atoms with Crippen molar-refractivity contribution >= 4 is 0 Å². The summed E-state index contributed by atoms with van der Waals surface area (Å²) in [6.07, 6.45) is 0.105. The number of halogens is 2. The van der Waals surface area contributed by atoms with E-state index < -0.39 is 12.0 Å². The van der Waals surface area contributed by atoms with Crippen molar-refractivity contribution in [3.8, 4) is 0 Å². The minimum atomic E-state index is -3.10. The quantitative estimate of drug-likeness (QED) is 0.750. The molecular formula is C10H11F2NO2. The van der Waals surface area contributed by atoms with Gasteiger partial charge >= 0.3 is 5.92 Å². The monoisotopic (exact) mass is 215 g/mol. The number of ether oxygens (including phenoxy) is 2. The van der Waals surface area contributed by atoms with Gasteiger partial charge in [0.25, 0.3) is 0 Å². The fourth-order valence-electron chi connectivity index (χ4n) is 1.42. The normalized spacial score (nSPS) is 22.7. The van der Waals surface area contributed by atoms with Crippen LogP contribution < -0.4 is 0 Å². The maximum Gasteiger partial charge on any atom is 0.317 e. The summed E-state index contributed by atoms with van der Waals surface area (Å²) in [6, 6.07) is 4.41. The van der Waals surface area contributed by atoms with Crippen LogP contribution in [0, 0.1) is 0 Å². The van der Waals surface area contributed by atoms with Gasteiger partial charge in [-0.3, -0.25) is 4.98 Å². The highest BCUT2D eigenvalue weighted by Crippen LogP contribution is 2.33. The number of hydrogen-bond donors (Lipinski definition) is 0. The minimum Gasteiger partial charge on any atom is -0.376 e. The average molecular weight is 215 g/mol. The molecule has 1 aromatic rings. The molecule has 5 heteroatoms. The number of hydrogen-bond acceptors (Lipinski definition) is 3. The summed E-state index contributed by atoms with van der Waals surface area (Å²) in [5.41, 5.74) is -0.277. The molecule has 1 aliphatic rings. The Bertz CT molecular complexity index is 312. The minimum absolute atomic E-state index is 0.0937. The molecule has 1 atom stereocenters. The summed E-state index contributed by atoms with van der Waals surface area (Å²) >= 11 is 0. The second-order valence-electron chi connectivity index (χ2n) is 3.27. The molecule has 0 aliphatic carbocycles. The van der Waals surface area contributed by atoms with Gasteiger partial charge in [0.15, 0.2) is 6.10 Å². The molecule has 0 aromatic carbocycles. The summed E-state index contributed by atoms with van der Waals surface area (Å²) in [5, 5.41) is 0. The van der Waals surface area contributed by atoms with E-state index in [1.54, 1.807) is 6.07 Å². The molecule has 82 valence electrons. The molecule has 0 N–H and O–H groups in total. The van der Waals surface area contributed by atoms with Crippen LogP contribution in [0.4, 0.5) is 8.78 Å². The van der Waals surface area contributed by atoms with Crippen molar-refractivity contribution in [2.24, 2.45) is 0 Å². The Morgan fingerprint density at radius 3 is 2.80 bits per heavy atom. The molecule has 1 aromatic heterocycles. The topological polar surface area (TPSA) is 31.4 Å². The van der Waals surface area contributed by atoms with Gasteiger partial charge in [0.2, 0.25) is 0 Å². The fourth-order valence-corrected chi connectivity index (χ4v) is 1.42. The highest BCUT2D eigenvalue weighted by atomic mass is 19.3. The molecule has 1 saturated heterocycles. The Kier molecular flexibility index (Phi) is 2.93. The van der Waals surface area contributed by atoms with Gasteiger partial charge in [0, 0.05) is 6.20 Å². The van der Waals surface area contributed by atoms with E-state index in [0.29, 0.717) is 6.61 Å². The van der Waals surface area contributed by atoms with Crippen molar-refractivity contribution in [3.05, 3.63) is 30.1 Å². The SMILES string of the molecule is FC(F)(c1ccccn1)[C@H]1COCCO1. The van der Waals surface area contributed by atoms with Crippen LogP contribution in [0.1, 0.15) is 5.69 Å². The summed E-state index contributed by atoms with van der Waals surface area (Å²) < 4.78 is 37.5. The number of rotatable bonds is 2. The van der Waals surface area contributed by atoms with Gasteiger partial charge in [0.1, 0.15) is 5.69 Å². The first-order valence-corrected chi connectivity index (χ1v) is 4.70. The Labute approximate surface area is 86.0 Å². The molecule has 2 rings (SSSR count). The first-order valence-electron chi connectivity index (χ1n) is 4.70. The zero-order valence-electron chi connectivity index (χ0n) is 8.03. The van der Waals surface area contributed by atoms with E-state index in [9.17, 15) is 8.78 Å². The van der Waals surface area contributed by atoms with E-state index in [0.717, 1.165) is 0 Å². The first-order chi connectivity index (χ1) is 7.21. The van der Waals surface area contributed by atoms with E-state index in [2.05, 4.69) is 4.98 Å². The predicted octanol–water partition coefficient (Wildman–Crippen LogP) is 1.59. The van der Waals surface area contributed by atoms with Gasteiger partial charge in [-0.1, -0.05) is 6.07 Å². The number of pyridine rings is 1. The van der Waals surface area contributed by atoms with Gasteiger partial charge in [0.05, 0.1) is 19.8 Å². The van der Waals surface area contributed by atoms with Crippen LogP contribution in [0.25, 0.3) is 0 Å². The van der Waals surface area contributed by atoms with Crippen molar-refractivity contribution in [3.63, 3.8) is 0 Å². The second kappa shape index (κ2) is 4.20. The summed E-state index contributed by atoms with van der Waals surface area (Å²) in [5.74, 6) is -3.10. The molecule has 15 heavy (non-hydrogen) atoms. The highest BCUT2D eigenvalue weighted by molar-refractivity contribution is 5.12. The maximum atomic E-state index is 13.8. The van der Waals surface area contributed by atoms with Gasteiger partial charge in [-0.2, -0.15) is 8.78 Å². The van der Waals surface area contributed by atoms with Crippen LogP contribution in [0.3, 0.4) is 0 Å². The van der Waals surface area contributed by atoms with Crippen molar-refractivity contribution in [2.45, 2.75) is 12.0 Å². The lowest BCUT2D eigenvalue weighted by Crippen LogP contribution is -2.42. The molecule has 0 bridgehead atoms. The third-order valence-electron chi connectivity index (χ3n) is 2.23. The van der Waals surface area contributed by atoms with Crippen molar-refractivity contribution < 1.29 is 18.3 Å². The number of alkyl halides is 2.